The molecule has 0 spiro atoms. The Balaban J connectivity index is 1.64. The minimum absolute atomic E-state index is 0.107. The van der Waals surface area contributed by atoms with E-state index >= 15 is 0 Å². The number of benzene rings is 1. The first-order valence-electron chi connectivity index (χ1n) is 10.0. The minimum Gasteiger partial charge on any atom is -0.459 e. The van der Waals surface area contributed by atoms with E-state index in [2.05, 4.69) is 9.97 Å². The molecule has 0 saturated carbocycles. The largest absolute Gasteiger partial charge is 0.459 e. The average molecular weight is 394 g/mol. The number of nitrogens with zero attached hydrogens (tertiary/aromatic N) is 2. The van der Waals surface area contributed by atoms with Gasteiger partial charge in [-0.1, -0.05) is 12.1 Å². The zero-order valence-electron chi connectivity index (χ0n) is 17.2. The molecule has 3 aromatic rings. The molecule has 1 aliphatic heterocycles. The lowest BCUT2D eigenvalue weighted by Gasteiger charge is -2.23. The third-order valence-electron chi connectivity index (χ3n) is 5.44. The van der Waals surface area contributed by atoms with Crippen LogP contribution in [-0.2, 0) is 4.74 Å². The first kappa shape index (κ1) is 19.2. The Labute approximate surface area is 169 Å². The maximum absolute atomic E-state index is 13.4. The zero-order chi connectivity index (χ0) is 20.7. The van der Waals surface area contributed by atoms with E-state index in [1.807, 2.05) is 43.0 Å². The van der Waals surface area contributed by atoms with Gasteiger partial charge in [0, 0.05) is 12.2 Å². The fourth-order valence-electron chi connectivity index (χ4n) is 4.11. The smallest absolute Gasteiger partial charge is 0.340 e. The first-order valence-corrected chi connectivity index (χ1v) is 10.0. The van der Waals surface area contributed by atoms with Crippen molar-refractivity contribution in [3.05, 3.63) is 52.6 Å². The Hall–Kier alpha value is -3.09. The third kappa shape index (κ3) is 3.41. The van der Waals surface area contributed by atoms with E-state index in [9.17, 15) is 9.59 Å². The van der Waals surface area contributed by atoms with Gasteiger partial charge in [0.1, 0.15) is 11.5 Å². The van der Waals surface area contributed by atoms with Crippen LogP contribution in [0.2, 0.25) is 0 Å². The lowest BCUT2D eigenvalue weighted by molar-refractivity contribution is 0.0376. The fourth-order valence-corrected chi connectivity index (χ4v) is 4.11. The standard InChI is InChI=1S/C22H26N4O3/c1-12(2)29-22(28)18-13(3)19(23-14(18)4)21(27)26-11-7-10-17(26)20-24-15-8-5-6-9-16(15)25-20/h5-6,8-9,12,17,23H,7,10-11H2,1-4H3,(H,24,25). The summed E-state index contributed by atoms with van der Waals surface area (Å²) in [6, 6.07) is 7.75. The van der Waals surface area contributed by atoms with Crippen molar-refractivity contribution in [3.8, 4) is 0 Å². The van der Waals surface area contributed by atoms with Gasteiger partial charge in [-0.3, -0.25) is 4.79 Å². The molecule has 3 heterocycles. The second-order valence-corrected chi connectivity index (χ2v) is 7.87. The number of H-pyrrole nitrogens is 2. The number of carbonyl (C=O) groups is 2. The van der Waals surface area contributed by atoms with Crippen molar-refractivity contribution in [1.29, 1.82) is 0 Å². The van der Waals surface area contributed by atoms with Crippen molar-refractivity contribution >= 4 is 22.9 Å². The number of carbonyl (C=O) groups excluding carboxylic acids is 2. The van der Waals surface area contributed by atoms with Gasteiger partial charge in [0.25, 0.3) is 5.91 Å². The molecule has 1 saturated heterocycles. The van der Waals surface area contributed by atoms with Gasteiger partial charge >= 0.3 is 5.97 Å². The van der Waals surface area contributed by atoms with Gasteiger partial charge in [-0.25, -0.2) is 9.78 Å². The summed E-state index contributed by atoms with van der Waals surface area (Å²) >= 11 is 0. The maximum atomic E-state index is 13.4. The molecule has 1 fully saturated rings. The highest BCUT2D eigenvalue weighted by Gasteiger charge is 2.35. The number of ether oxygens (including phenoxy) is 1. The SMILES string of the molecule is Cc1[nH]c(C(=O)N2CCCC2c2nc3ccccc3[nH]2)c(C)c1C(=O)OC(C)C. The quantitative estimate of drug-likeness (QED) is 0.653. The summed E-state index contributed by atoms with van der Waals surface area (Å²) in [4.78, 5) is 38.8. The summed E-state index contributed by atoms with van der Waals surface area (Å²) in [5.74, 6) is 0.287. The van der Waals surface area contributed by atoms with Crippen LogP contribution in [0.15, 0.2) is 24.3 Å². The Morgan fingerprint density at radius 1 is 1.21 bits per heavy atom. The summed E-state index contributed by atoms with van der Waals surface area (Å²) < 4.78 is 5.34. The summed E-state index contributed by atoms with van der Waals surface area (Å²) in [6.07, 6.45) is 1.55. The van der Waals surface area contributed by atoms with E-state index in [0.717, 1.165) is 29.7 Å². The second kappa shape index (κ2) is 7.39. The predicted octanol–water partition coefficient (Wildman–Crippen LogP) is 4.05. The Morgan fingerprint density at radius 2 is 1.97 bits per heavy atom. The number of fused-ring (bicyclic) bond motifs is 1. The molecule has 2 aromatic heterocycles. The van der Waals surface area contributed by atoms with Crippen molar-refractivity contribution in [2.75, 3.05) is 6.54 Å². The van der Waals surface area contributed by atoms with E-state index in [4.69, 9.17) is 9.72 Å². The number of rotatable bonds is 4. The van der Waals surface area contributed by atoms with E-state index in [1.54, 1.807) is 13.8 Å². The molecule has 1 atom stereocenters. The number of hydrogen-bond donors (Lipinski definition) is 2. The molecule has 0 bridgehead atoms. The maximum Gasteiger partial charge on any atom is 0.340 e. The van der Waals surface area contributed by atoms with Crippen molar-refractivity contribution in [2.24, 2.45) is 0 Å². The molecule has 1 aromatic carbocycles. The van der Waals surface area contributed by atoms with Gasteiger partial charge in [-0.2, -0.15) is 0 Å². The van der Waals surface area contributed by atoms with Crippen LogP contribution >= 0.6 is 0 Å². The molecule has 2 N–H and O–H groups in total. The molecular formula is C22H26N4O3. The van der Waals surface area contributed by atoms with Crippen molar-refractivity contribution in [2.45, 2.75) is 52.7 Å². The normalized spacial score (nSPS) is 16.7. The Bertz CT molecular complexity index is 1050. The average Bonchev–Trinajstić information content (AvgIpc) is 3.36. The summed E-state index contributed by atoms with van der Waals surface area (Å²) in [7, 11) is 0. The number of likely N-dealkylation sites (tertiary alicyclic amines) is 1. The molecule has 7 nitrogen and oxygen atoms in total. The number of aryl methyl sites for hydroxylation is 1. The van der Waals surface area contributed by atoms with Gasteiger partial charge in [-0.05, 0) is 58.2 Å². The molecule has 4 rings (SSSR count). The summed E-state index contributed by atoms with van der Waals surface area (Å²) in [5.41, 5.74) is 4.03. The van der Waals surface area contributed by atoms with E-state index < -0.39 is 5.97 Å². The monoisotopic (exact) mass is 394 g/mol. The topological polar surface area (TPSA) is 91.1 Å². The number of para-hydroxylation sites is 2. The van der Waals surface area contributed by atoms with E-state index in [1.165, 1.54) is 0 Å². The van der Waals surface area contributed by atoms with E-state index in [0.29, 0.717) is 29.1 Å². The van der Waals surface area contributed by atoms with Crippen LogP contribution in [0.1, 0.15) is 70.7 Å². The predicted molar refractivity (Wildman–Crippen MR) is 110 cm³/mol. The number of imidazole rings is 1. The number of aromatic nitrogens is 3. The van der Waals surface area contributed by atoms with Gasteiger partial charge in [0.05, 0.1) is 28.7 Å². The lowest BCUT2D eigenvalue weighted by atomic mass is 10.1. The highest BCUT2D eigenvalue weighted by Crippen LogP contribution is 2.33. The zero-order valence-corrected chi connectivity index (χ0v) is 17.2. The van der Waals surface area contributed by atoms with Crippen LogP contribution in [0.4, 0.5) is 0 Å². The fraction of sp³-hybridized carbons (Fsp3) is 0.409. The van der Waals surface area contributed by atoms with Gasteiger partial charge in [0.15, 0.2) is 0 Å². The first-order chi connectivity index (χ1) is 13.9. The minimum atomic E-state index is -0.402. The van der Waals surface area contributed by atoms with Crippen LogP contribution in [0.25, 0.3) is 11.0 Å². The highest BCUT2D eigenvalue weighted by molar-refractivity contribution is 6.00. The summed E-state index contributed by atoms with van der Waals surface area (Å²) in [5, 5.41) is 0. The molecule has 1 aliphatic rings. The number of aromatic amines is 2. The number of amides is 1. The van der Waals surface area contributed by atoms with E-state index in [-0.39, 0.29) is 18.1 Å². The van der Waals surface area contributed by atoms with Crippen LogP contribution in [0.3, 0.4) is 0 Å². The van der Waals surface area contributed by atoms with Crippen molar-refractivity contribution in [3.63, 3.8) is 0 Å². The number of hydrogen-bond acceptors (Lipinski definition) is 4. The number of nitrogens with one attached hydrogen (secondary N) is 2. The molecule has 1 amide bonds. The molecular weight excluding hydrogens is 368 g/mol. The molecule has 152 valence electrons. The number of esters is 1. The molecule has 7 heteroatoms. The van der Waals surface area contributed by atoms with Gasteiger partial charge in [0.2, 0.25) is 0 Å². The van der Waals surface area contributed by atoms with Crippen molar-refractivity contribution < 1.29 is 14.3 Å². The molecule has 0 aliphatic carbocycles. The van der Waals surface area contributed by atoms with Crippen LogP contribution < -0.4 is 0 Å². The highest BCUT2D eigenvalue weighted by atomic mass is 16.5. The van der Waals surface area contributed by atoms with Crippen molar-refractivity contribution in [1.82, 2.24) is 19.9 Å². The second-order valence-electron chi connectivity index (χ2n) is 7.87. The van der Waals surface area contributed by atoms with Gasteiger partial charge in [-0.15, -0.1) is 0 Å². The summed E-state index contributed by atoms with van der Waals surface area (Å²) in [6.45, 7) is 7.86. The third-order valence-corrected chi connectivity index (χ3v) is 5.44. The van der Waals surface area contributed by atoms with Gasteiger partial charge < -0.3 is 19.6 Å². The molecule has 1 unspecified atom stereocenters. The van der Waals surface area contributed by atoms with Crippen LogP contribution in [0, 0.1) is 13.8 Å². The Kier molecular flexibility index (Phi) is 4.90. The lowest BCUT2D eigenvalue weighted by Crippen LogP contribution is -2.31. The molecule has 29 heavy (non-hydrogen) atoms. The Morgan fingerprint density at radius 3 is 2.69 bits per heavy atom. The van der Waals surface area contributed by atoms with Crippen LogP contribution in [-0.4, -0.2) is 44.4 Å². The van der Waals surface area contributed by atoms with Crippen LogP contribution in [0.5, 0.6) is 0 Å². The molecule has 0 radical (unpaired) electrons.